The molecular weight excluding hydrogens is 418 g/mol. The van der Waals surface area contributed by atoms with Gasteiger partial charge in [0, 0.05) is 19.0 Å². The molecule has 2 amide bonds. The lowest BCUT2D eigenvalue weighted by atomic mass is 10.1. The number of nitrogens with one attached hydrogen (secondary N) is 2. The SMILES string of the molecule is C=C(C)C#Cc1ccc2c(c1)N(C)C(=O)[C@@H](NC(=O)c1n[nH]c(Cc3ccccc3)n1)CO2. The maximum absolute atomic E-state index is 13.0. The molecule has 8 nitrogen and oxygen atoms in total. The highest BCUT2D eigenvalue weighted by Crippen LogP contribution is 2.31. The number of hydrogen-bond acceptors (Lipinski definition) is 5. The molecule has 8 heteroatoms. The van der Waals surface area contributed by atoms with Crippen LogP contribution in [0.3, 0.4) is 0 Å². The molecule has 0 unspecified atom stereocenters. The second-order valence-corrected chi connectivity index (χ2v) is 7.72. The summed E-state index contributed by atoms with van der Waals surface area (Å²) in [6.07, 6.45) is 0.515. The van der Waals surface area contributed by atoms with Crippen molar-refractivity contribution in [2.24, 2.45) is 0 Å². The number of carbonyl (C=O) groups excluding carboxylic acids is 2. The van der Waals surface area contributed by atoms with Gasteiger partial charge in [-0.2, -0.15) is 0 Å². The molecule has 0 aliphatic carbocycles. The Morgan fingerprint density at radius 2 is 2.09 bits per heavy atom. The van der Waals surface area contributed by atoms with Gasteiger partial charge in [0.1, 0.15) is 24.2 Å². The van der Waals surface area contributed by atoms with Crippen molar-refractivity contribution < 1.29 is 14.3 Å². The highest BCUT2D eigenvalue weighted by Gasteiger charge is 2.31. The standard InChI is InChI=1S/C25H23N5O3/c1-16(2)9-10-18-11-12-21-20(13-18)30(3)25(32)19(15-33-21)26-24(31)23-27-22(28-29-23)14-17-7-5-4-6-8-17/h4-8,11-13,19H,1,14-15H2,2-3H3,(H,26,31)(H,27,28,29)/t19-/m0/s1. The first kappa shape index (κ1) is 21.8. The topological polar surface area (TPSA) is 100 Å². The van der Waals surface area contributed by atoms with Crippen molar-refractivity contribution in [1.82, 2.24) is 20.5 Å². The summed E-state index contributed by atoms with van der Waals surface area (Å²) in [5, 5.41) is 9.45. The smallest absolute Gasteiger partial charge is 0.291 e. The summed E-state index contributed by atoms with van der Waals surface area (Å²) in [5.74, 6) is 6.11. The fraction of sp³-hybridized carbons (Fsp3) is 0.200. The maximum Gasteiger partial charge on any atom is 0.291 e. The summed E-state index contributed by atoms with van der Waals surface area (Å²) in [4.78, 5) is 31.5. The number of hydrogen-bond donors (Lipinski definition) is 2. The third kappa shape index (κ3) is 5.10. The Morgan fingerprint density at radius 3 is 2.85 bits per heavy atom. The summed E-state index contributed by atoms with van der Waals surface area (Å²) in [7, 11) is 1.63. The number of likely N-dealkylation sites (N-methyl/N-ethyl adjacent to an activating group) is 1. The summed E-state index contributed by atoms with van der Waals surface area (Å²) >= 11 is 0. The Kier molecular flexibility index (Phi) is 6.22. The van der Waals surface area contributed by atoms with Crippen LogP contribution in [0.25, 0.3) is 0 Å². The van der Waals surface area contributed by atoms with Crippen LogP contribution in [-0.4, -0.2) is 46.7 Å². The van der Waals surface area contributed by atoms with Crippen molar-refractivity contribution in [2.75, 3.05) is 18.6 Å². The first-order valence-corrected chi connectivity index (χ1v) is 10.4. The highest BCUT2D eigenvalue weighted by atomic mass is 16.5. The van der Waals surface area contributed by atoms with E-state index in [0.29, 0.717) is 23.7 Å². The average molecular weight is 441 g/mol. The summed E-state index contributed by atoms with van der Waals surface area (Å²) < 4.78 is 5.81. The normalized spacial score (nSPS) is 14.9. The molecule has 0 saturated heterocycles. The Bertz CT molecular complexity index is 1270. The Hall–Kier alpha value is -4.38. The summed E-state index contributed by atoms with van der Waals surface area (Å²) in [6.45, 7) is 5.58. The number of nitrogens with zero attached hydrogens (tertiary/aromatic N) is 3. The molecule has 1 atom stereocenters. The van der Waals surface area contributed by atoms with Crippen molar-refractivity contribution in [1.29, 1.82) is 0 Å². The van der Waals surface area contributed by atoms with Gasteiger partial charge >= 0.3 is 0 Å². The van der Waals surface area contributed by atoms with Gasteiger partial charge < -0.3 is 15.0 Å². The molecule has 4 rings (SSSR count). The molecule has 33 heavy (non-hydrogen) atoms. The van der Waals surface area contributed by atoms with Gasteiger partial charge in [0.15, 0.2) is 0 Å². The van der Waals surface area contributed by atoms with Crippen LogP contribution in [0.15, 0.2) is 60.7 Å². The van der Waals surface area contributed by atoms with Crippen LogP contribution in [0.2, 0.25) is 0 Å². The monoisotopic (exact) mass is 441 g/mol. The van der Waals surface area contributed by atoms with E-state index in [-0.39, 0.29) is 18.3 Å². The van der Waals surface area contributed by atoms with E-state index >= 15 is 0 Å². The van der Waals surface area contributed by atoms with Crippen molar-refractivity contribution in [2.45, 2.75) is 19.4 Å². The molecule has 2 heterocycles. The van der Waals surface area contributed by atoms with E-state index in [1.807, 2.05) is 43.3 Å². The predicted molar refractivity (Wildman–Crippen MR) is 124 cm³/mol. The van der Waals surface area contributed by atoms with Gasteiger partial charge in [-0.15, -0.1) is 5.10 Å². The van der Waals surface area contributed by atoms with Crippen LogP contribution < -0.4 is 15.0 Å². The van der Waals surface area contributed by atoms with E-state index in [9.17, 15) is 9.59 Å². The van der Waals surface area contributed by atoms with Crippen LogP contribution in [0.1, 0.15) is 34.5 Å². The van der Waals surface area contributed by atoms with Gasteiger partial charge in [0.2, 0.25) is 5.82 Å². The van der Waals surface area contributed by atoms with Gasteiger partial charge in [-0.3, -0.25) is 14.7 Å². The average Bonchev–Trinajstić information content (AvgIpc) is 3.24. The molecule has 2 N–H and O–H groups in total. The maximum atomic E-state index is 13.0. The van der Waals surface area contributed by atoms with Crippen molar-refractivity contribution in [3.63, 3.8) is 0 Å². The number of benzene rings is 2. The van der Waals surface area contributed by atoms with E-state index in [1.165, 1.54) is 4.90 Å². The molecule has 0 fully saturated rings. The lowest BCUT2D eigenvalue weighted by Gasteiger charge is -2.20. The zero-order valence-corrected chi connectivity index (χ0v) is 18.4. The minimum absolute atomic E-state index is 0.0139. The van der Waals surface area contributed by atoms with Gasteiger partial charge in [-0.05, 0) is 36.3 Å². The van der Waals surface area contributed by atoms with Gasteiger partial charge in [0.05, 0.1) is 5.69 Å². The lowest BCUT2D eigenvalue weighted by molar-refractivity contribution is -0.120. The van der Waals surface area contributed by atoms with Crippen LogP contribution in [0.5, 0.6) is 5.75 Å². The molecule has 0 saturated carbocycles. The molecule has 3 aromatic rings. The minimum Gasteiger partial charge on any atom is -0.489 e. The number of aromatic amines is 1. The quantitative estimate of drug-likeness (QED) is 0.606. The van der Waals surface area contributed by atoms with Crippen LogP contribution in [0.4, 0.5) is 5.69 Å². The summed E-state index contributed by atoms with van der Waals surface area (Å²) in [5.41, 5.74) is 3.09. The van der Waals surface area contributed by atoms with E-state index in [4.69, 9.17) is 4.74 Å². The van der Waals surface area contributed by atoms with E-state index < -0.39 is 11.9 Å². The van der Waals surface area contributed by atoms with Gasteiger partial charge in [0.25, 0.3) is 11.8 Å². The van der Waals surface area contributed by atoms with Crippen molar-refractivity contribution in [3.05, 3.63) is 83.5 Å². The number of aromatic nitrogens is 3. The van der Waals surface area contributed by atoms with Crippen LogP contribution in [-0.2, 0) is 11.2 Å². The Morgan fingerprint density at radius 1 is 1.30 bits per heavy atom. The number of anilines is 1. The number of H-pyrrole nitrogens is 1. The fourth-order valence-corrected chi connectivity index (χ4v) is 3.35. The number of amides is 2. The van der Waals surface area contributed by atoms with Crippen LogP contribution in [0, 0.1) is 11.8 Å². The number of rotatable bonds is 4. The third-order valence-corrected chi connectivity index (χ3v) is 5.03. The zero-order valence-electron chi connectivity index (χ0n) is 18.4. The number of ether oxygens (including phenoxy) is 1. The van der Waals surface area contributed by atoms with Crippen molar-refractivity contribution >= 4 is 17.5 Å². The molecule has 0 radical (unpaired) electrons. The number of fused-ring (bicyclic) bond motifs is 1. The molecule has 1 aliphatic rings. The first-order chi connectivity index (χ1) is 15.9. The lowest BCUT2D eigenvalue weighted by Crippen LogP contribution is -2.49. The van der Waals surface area contributed by atoms with Crippen molar-refractivity contribution in [3.8, 4) is 17.6 Å². The van der Waals surface area contributed by atoms with Crippen LogP contribution >= 0.6 is 0 Å². The van der Waals surface area contributed by atoms with Gasteiger partial charge in [-0.25, -0.2) is 4.98 Å². The fourth-order valence-electron chi connectivity index (χ4n) is 3.35. The molecule has 166 valence electrons. The minimum atomic E-state index is -0.893. The van der Waals surface area contributed by atoms with E-state index in [2.05, 4.69) is 38.9 Å². The Labute approximate surface area is 191 Å². The molecule has 2 aromatic carbocycles. The predicted octanol–water partition coefficient (Wildman–Crippen LogP) is 2.48. The number of carbonyl (C=O) groups is 2. The zero-order chi connectivity index (χ0) is 23.4. The first-order valence-electron chi connectivity index (χ1n) is 10.4. The molecular formula is C25H23N5O3. The molecule has 0 bridgehead atoms. The van der Waals surface area contributed by atoms with E-state index in [0.717, 1.165) is 16.7 Å². The number of allylic oxidation sites excluding steroid dienone is 1. The third-order valence-electron chi connectivity index (χ3n) is 5.03. The molecule has 0 spiro atoms. The second-order valence-electron chi connectivity index (χ2n) is 7.72. The second kappa shape index (κ2) is 9.40. The van der Waals surface area contributed by atoms with Gasteiger partial charge in [-0.1, -0.05) is 48.8 Å². The highest BCUT2D eigenvalue weighted by molar-refractivity contribution is 6.02. The largest absolute Gasteiger partial charge is 0.489 e. The molecule has 1 aromatic heterocycles. The Balaban J connectivity index is 1.46. The summed E-state index contributed by atoms with van der Waals surface area (Å²) in [6, 6.07) is 14.2. The van der Waals surface area contributed by atoms with E-state index in [1.54, 1.807) is 19.2 Å². The molecule has 1 aliphatic heterocycles.